The number of amides is 1. The van der Waals surface area contributed by atoms with Gasteiger partial charge in [0.1, 0.15) is 0 Å². The summed E-state index contributed by atoms with van der Waals surface area (Å²) in [6.07, 6.45) is 0.298. The van der Waals surface area contributed by atoms with Gasteiger partial charge in [0.25, 0.3) is 0 Å². The molecule has 4 heterocycles. The van der Waals surface area contributed by atoms with Crippen LogP contribution in [0.1, 0.15) is 6.42 Å². The van der Waals surface area contributed by atoms with E-state index in [1.54, 1.807) is 22.7 Å². The van der Waals surface area contributed by atoms with Crippen molar-refractivity contribution >= 4 is 61.8 Å². The first kappa shape index (κ1) is 20.3. The number of fused-ring (bicyclic) bond motifs is 1. The van der Waals surface area contributed by atoms with Crippen molar-refractivity contribution in [1.29, 1.82) is 0 Å². The number of aromatic amines is 1. The maximum Gasteiger partial charge on any atom is 0.226 e. The zero-order chi connectivity index (χ0) is 21.2. The molecule has 1 aromatic carbocycles. The van der Waals surface area contributed by atoms with Crippen LogP contribution >= 0.6 is 34.9 Å². The Kier molecular flexibility index (Phi) is 5.81. The zero-order valence-corrected chi connectivity index (χ0v) is 19.0. The Morgan fingerprint density at radius 2 is 2.16 bits per heavy atom. The molecule has 11 heteroatoms. The third kappa shape index (κ3) is 4.40. The SMILES string of the molecule is O=C(CCn1c(-c2cccs2)n[nH]c1=S)Nc1ccc2nc(N3CCOCC3)sc2c1. The Morgan fingerprint density at radius 3 is 2.97 bits per heavy atom. The maximum absolute atomic E-state index is 12.6. The first-order valence-corrected chi connectivity index (χ1v) is 12.0. The Morgan fingerprint density at radius 1 is 1.29 bits per heavy atom. The van der Waals surface area contributed by atoms with Gasteiger partial charge in [-0.2, -0.15) is 5.10 Å². The molecule has 1 fully saturated rings. The average molecular weight is 473 g/mol. The van der Waals surface area contributed by atoms with Gasteiger partial charge in [-0.3, -0.25) is 14.5 Å². The van der Waals surface area contributed by atoms with Crippen LogP contribution in [0.3, 0.4) is 0 Å². The standard InChI is InChI=1S/C20H20N6O2S3/c27-17(5-6-26-18(23-24-19(26)29)15-2-1-11-30-15)21-13-3-4-14-16(12-13)31-20(22-14)25-7-9-28-10-8-25/h1-4,11-12H,5-10H2,(H,21,27)(H,24,29). The van der Waals surface area contributed by atoms with Crippen LogP contribution in [0.5, 0.6) is 0 Å². The van der Waals surface area contributed by atoms with Crippen LogP contribution < -0.4 is 10.2 Å². The van der Waals surface area contributed by atoms with Gasteiger partial charge in [0.2, 0.25) is 5.91 Å². The van der Waals surface area contributed by atoms with Crippen LogP contribution in [0.4, 0.5) is 10.8 Å². The van der Waals surface area contributed by atoms with E-state index in [1.165, 1.54) is 0 Å². The van der Waals surface area contributed by atoms with E-state index in [-0.39, 0.29) is 5.91 Å². The van der Waals surface area contributed by atoms with Crippen molar-refractivity contribution in [3.63, 3.8) is 0 Å². The molecule has 1 aliphatic rings. The molecule has 3 aromatic heterocycles. The van der Waals surface area contributed by atoms with Crippen LogP contribution in [0.15, 0.2) is 35.7 Å². The minimum atomic E-state index is -0.0718. The molecule has 8 nitrogen and oxygen atoms in total. The molecule has 0 aliphatic carbocycles. The topological polar surface area (TPSA) is 88.1 Å². The minimum absolute atomic E-state index is 0.0718. The number of thiazole rings is 1. The van der Waals surface area contributed by atoms with Crippen molar-refractivity contribution < 1.29 is 9.53 Å². The molecule has 0 unspecified atom stereocenters. The van der Waals surface area contributed by atoms with Crippen LogP contribution in [-0.2, 0) is 16.1 Å². The molecule has 160 valence electrons. The van der Waals surface area contributed by atoms with Crippen LogP contribution in [-0.4, -0.2) is 52.0 Å². The number of rotatable bonds is 6. The van der Waals surface area contributed by atoms with Crippen molar-refractivity contribution in [3.05, 3.63) is 40.5 Å². The number of nitrogens with one attached hydrogen (secondary N) is 2. The summed E-state index contributed by atoms with van der Waals surface area (Å²) in [6, 6.07) is 9.78. The number of thiophene rings is 1. The number of anilines is 2. The third-order valence-corrected chi connectivity index (χ3v) is 7.26. The number of aromatic nitrogens is 4. The van der Waals surface area contributed by atoms with E-state index in [4.69, 9.17) is 21.9 Å². The Hall–Kier alpha value is -2.60. The molecule has 0 saturated carbocycles. The molecule has 1 saturated heterocycles. The quantitative estimate of drug-likeness (QED) is 0.410. The van der Waals surface area contributed by atoms with Crippen molar-refractivity contribution in [1.82, 2.24) is 19.7 Å². The van der Waals surface area contributed by atoms with E-state index in [2.05, 4.69) is 20.4 Å². The van der Waals surface area contributed by atoms with Gasteiger partial charge >= 0.3 is 0 Å². The van der Waals surface area contributed by atoms with E-state index in [0.717, 1.165) is 58.0 Å². The molecule has 0 atom stereocenters. The minimum Gasteiger partial charge on any atom is -0.378 e. The number of carbonyl (C=O) groups is 1. The Bertz CT molecular complexity index is 1250. The molecule has 1 aliphatic heterocycles. The van der Waals surface area contributed by atoms with E-state index in [9.17, 15) is 4.79 Å². The maximum atomic E-state index is 12.6. The lowest BCUT2D eigenvalue weighted by molar-refractivity contribution is -0.116. The van der Waals surface area contributed by atoms with Crippen LogP contribution in [0.2, 0.25) is 0 Å². The molecule has 0 bridgehead atoms. The molecule has 31 heavy (non-hydrogen) atoms. The fourth-order valence-electron chi connectivity index (χ4n) is 3.44. The predicted molar refractivity (Wildman–Crippen MR) is 127 cm³/mol. The number of carbonyl (C=O) groups excluding carboxylic acids is 1. The first-order chi connectivity index (χ1) is 15.2. The lowest BCUT2D eigenvalue weighted by atomic mass is 10.3. The van der Waals surface area contributed by atoms with E-state index in [0.29, 0.717) is 17.7 Å². The largest absolute Gasteiger partial charge is 0.378 e. The van der Waals surface area contributed by atoms with E-state index >= 15 is 0 Å². The number of hydrogen-bond donors (Lipinski definition) is 2. The average Bonchev–Trinajstić information content (AvgIpc) is 3.52. The summed E-state index contributed by atoms with van der Waals surface area (Å²) in [7, 11) is 0. The summed E-state index contributed by atoms with van der Waals surface area (Å²) >= 11 is 8.56. The van der Waals surface area contributed by atoms with Crippen LogP contribution in [0, 0.1) is 4.77 Å². The fourth-order valence-corrected chi connectivity index (χ4v) is 5.44. The molecule has 0 radical (unpaired) electrons. The smallest absolute Gasteiger partial charge is 0.226 e. The predicted octanol–water partition coefficient (Wildman–Crippen LogP) is 4.14. The summed E-state index contributed by atoms with van der Waals surface area (Å²) in [5.41, 5.74) is 1.71. The van der Waals surface area contributed by atoms with Crippen LogP contribution in [0.25, 0.3) is 20.9 Å². The number of ether oxygens (including phenoxy) is 1. The van der Waals surface area contributed by atoms with Crippen molar-refractivity contribution in [3.8, 4) is 10.7 Å². The third-order valence-electron chi connectivity index (χ3n) is 5.00. The summed E-state index contributed by atoms with van der Waals surface area (Å²) in [5, 5.41) is 13.1. The van der Waals surface area contributed by atoms with Crippen molar-refractivity contribution in [2.45, 2.75) is 13.0 Å². The second kappa shape index (κ2) is 8.87. The number of H-pyrrole nitrogens is 1. The highest BCUT2D eigenvalue weighted by Gasteiger charge is 2.16. The monoisotopic (exact) mass is 472 g/mol. The summed E-state index contributed by atoms with van der Waals surface area (Å²) in [5.74, 6) is 0.687. The van der Waals surface area contributed by atoms with Gasteiger partial charge in [-0.15, -0.1) is 11.3 Å². The normalized spacial score (nSPS) is 14.3. The molecule has 0 spiro atoms. The number of hydrogen-bond acceptors (Lipinski definition) is 8. The van der Waals surface area contributed by atoms with Gasteiger partial charge in [-0.25, -0.2) is 4.98 Å². The van der Waals surface area contributed by atoms with E-state index in [1.807, 2.05) is 40.3 Å². The number of morpholine rings is 1. The second-order valence-corrected chi connectivity index (χ2v) is 9.40. The molecule has 1 amide bonds. The fraction of sp³-hybridized carbons (Fsp3) is 0.300. The highest BCUT2D eigenvalue weighted by atomic mass is 32.1. The lowest BCUT2D eigenvalue weighted by Crippen LogP contribution is -2.36. The zero-order valence-electron chi connectivity index (χ0n) is 16.5. The Labute approximate surface area is 191 Å². The van der Waals surface area contributed by atoms with Crippen molar-refractivity contribution in [2.75, 3.05) is 36.5 Å². The van der Waals surface area contributed by atoms with Gasteiger partial charge in [-0.1, -0.05) is 17.4 Å². The summed E-state index contributed by atoms with van der Waals surface area (Å²) in [6.45, 7) is 3.62. The Balaban J connectivity index is 1.25. The summed E-state index contributed by atoms with van der Waals surface area (Å²) < 4.78 is 8.84. The molecule has 4 aromatic rings. The van der Waals surface area contributed by atoms with Gasteiger partial charge in [-0.05, 0) is 41.9 Å². The lowest BCUT2D eigenvalue weighted by Gasteiger charge is -2.25. The molecule has 2 N–H and O–H groups in total. The number of nitrogens with zero attached hydrogens (tertiary/aromatic N) is 4. The number of benzene rings is 1. The highest BCUT2D eigenvalue weighted by molar-refractivity contribution is 7.71. The molecular weight excluding hydrogens is 452 g/mol. The highest BCUT2D eigenvalue weighted by Crippen LogP contribution is 2.31. The molecular formula is C20H20N6O2S3. The van der Waals surface area contributed by atoms with Crippen molar-refractivity contribution in [2.24, 2.45) is 0 Å². The summed E-state index contributed by atoms with van der Waals surface area (Å²) in [4.78, 5) is 20.6. The van der Waals surface area contributed by atoms with Gasteiger partial charge < -0.3 is 15.0 Å². The van der Waals surface area contributed by atoms with Gasteiger partial charge in [0.05, 0.1) is 28.3 Å². The van der Waals surface area contributed by atoms with Gasteiger partial charge in [0, 0.05) is 31.7 Å². The van der Waals surface area contributed by atoms with E-state index < -0.39 is 0 Å². The molecule has 5 rings (SSSR count). The second-order valence-electron chi connectivity index (χ2n) is 7.06. The first-order valence-electron chi connectivity index (χ1n) is 9.89. The van der Waals surface area contributed by atoms with Gasteiger partial charge in [0.15, 0.2) is 15.7 Å².